The molecule has 5 nitrogen and oxygen atoms in total. The summed E-state index contributed by atoms with van der Waals surface area (Å²) in [5.41, 5.74) is -0.168. The summed E-state index contributed by atoms with van der Waals surface area (Å²) >= 11 is 3.37. The zero-order valence-corrected chi connectivity index (χ0v) is 11.1. The Hall–Kier alpha value is -1.95. The molecule has 0 fully saturated rings. The first-order valence-electron chi connectivity index (χ1n) is 5.33. The quantitative estimate of drug-likeness (QED) is 0.690. The smallest absolute Gasteiger partial charge is 0.274 e. The maximum Gasteiger partial charge on any atom is 0.280 e. The summed E-state index contributed by atoms with van der Waals surface area (Å²) in [4.78, 5) is 12.3. The van der Waals surface area contributed by atoms with Crippen molar-refractivity contribution in [3.8, 4) is 5.82 Å². The Bertz CT molecular complexity index is 790. The second-order valence-electron chi connectivity index (χ2n) is 3.94. The third-order valence-corrected chi connectivity index (χ3v) is 3.16. The van der Waals surface area contributed by atoms with Gasteiger partial charge in [-0.3, -0.25) is 9.48 Å². The molecule has 0 spiro atoms. The standard InChI is InChI=1S/C12H9BrN4O/c1-16-5-4-11(15-16)17-12(18)10-3-2-9(13)6-8(10)7-14-17/h2-7H,1H3. The van der Waals surface area contributed by atoms with Crippen molar-refractivity contribution in [3.63, 3.8) is 0 Å². The van der Waals surface area contributed by atoms with Gasteiger partial charge in [0.25, 0.3) is 5.56 Å². The van der Waals surface area contributed by atoms with Crippen LogP contribution in [-0.4, -0.2) is 19.6 Å². The minimum Gasteiger partial charge on any atom is -0.274 e. The molecule has 2 heterocycles. The first-order valence-corrected chi connectivity index (χ1v) is 6.12. The third kappa shape index (κ3) is 1.74. The number of rotatable bonds is 1. The van der Waals surface area contributed by atoms with Crippen molar-refractivity contribution in [2.24, 2.45) is 7.05 Å². The average Bonchev–Trinajstić information content (AvgIpc) is 2.76. The highest BCUT2D eigenvalue weighted by molar-refractivity contribution is 9.10. The Kier molecular flexibility index (Phi) is 2.52. The number of hydrogen-bond acceptors (Lipinski definition) is 3. The van der Waals surface area contributed by atoms with Gasteiger partial charge in [0.15, 0.2) is 5.82 Å². The first-order chi connectivity index (χ1) is 8.65. The summed E-state index contributed by atoms with van der Waals surface area (Å²) in [5, 5.41) is 9.74. The van der Waals surface area contributed by atoms with Gasteiger partial charge in [0.2, 0.25) is 0 Å². The van der Waals surface area contributed by atoms with E-state index in [4.69, 9.17) is 0 Å². The van der Waals surface area contributed by atoms with Gasteiger partial charge < -0.3 is 0 Å². The van der Waals surface area contributed by atoms with Gasteiger partial charge in [-0.2, -0.15) is 14.9 Å². The molecule has 3 rings (SSSR count). The van der Waals surface area contributed by atoms with E-state index in [9.17, 15) is 4.79 Å². The average molecular weight is 305 g/mol. The monoisotopic (exact) mass is 304 g/mol. The zero-order chi connectivity index (χ0) is 12.7. The number of fused-ring (bicyclic) bond motifs is 1. The van der Waals surface area contributed by atoms with Gasteiger partial charge >= 0.3 is 0 Å². The van der Waals surface area contributed by atoms with Crippen molar-refractivity contribution in [1.29, 1.82) is 0 Å². The summed E-state index contributed by atoms with van der Waals surface area (Å²) in [7, 11) is 1.80. The maximum atomic E-state index is 12.3. The van der Waals surface area contributed by atoms with E-state index >= 15 is 0 Å². The Labute approximate surface area is 111 Å². The Balaban J connectivity index is 2.30. The van der Waals surface area contributed by atoms with E-state index in [1.165, 1.54) is 4.68 Å². The fourth-order valence-corrected chi connectivity index (χ4v) is 2.18. The summed E-state index contributed by atoms with van der Waals surface area (Å²) in [6, 6.07) is 7.24. The molecule has 0 saturated heterocycles. The molecule has 0 atom stereocenters. The Morgan fingerprint density at radius 1 is 1.28 bits per heavy atom. The minimum absolute atomic E-state index is 0.168. The van der Waals surface area contributed by atoms with E-state index in [2.05, 4.69) is 26.1 Å². The molecule has 18 heavy (non-hydrogen) atoms. The topological polar surface area (TPSA) is 52.7 Å². The molecular weight excluding hydrogens is 296 g/mol. The maximum absolute atomic E-state index is 12.3. The number of halogens is 1. The van der Waals surface area contributed by atoms with E-state index in [-0.39, 0.29) is 5.56 Å². The first kappa shape index (κ1) is 11.2. The molecule has 0 saturated carbocycles. The van der Waals surface area contributed by atoms with Crippen molar-refractivity contribution >= 4 is 26.7 Å². The highest BCUT2D eigenvalue weighted by Gasteiger charge is 2.08. The Morgan fingerprint density at radius 2 is 2.11 bits per heavy atom. The van der Waals surface area contributed by atoms with Crippen LogP contribution in [0.4, 0.5) is 0 Å². The molecule has 0 unspecified atom stereocenters. The molecule has 6 heteroatoms. The van der Waals surface area contributed by atoms with Crippen LogP contribution in [0.3, 0.4) is 0 Å². The van der Waals surface area contributed by atoms with E-state index in [1.54, 1.807) is 36.3 Å². The van der Waals surface area contributed by atoms with Crippen molar-refractivity contribution in [2.45, 2.75) is 0 Å². The summed E-state index contributed by atoms with van der Waals surface area (Å²) in [6.07, 6.45) is 3.44. The normalized spacial score (nSPS) is 11.0. The summed E-state index contributed by atoms with van der Waals surface area (Å²) < 4.78 is 3.86. The van der Waals surface area contributed by atoms with Crippen LogP contribution in [0.5, 0.6) is 0 Å². The van der Waals surface area contributed by atoms with Crippen LogP contribution in [0.1, 0.15) is 0 Å². The van der Waals surface area contributed by atoms with Crippen LogP contribution in [-0.2, 0) is 7.05 Å². The van der Waals surface area contributed by atoms with Crippen LogP contribution in [0, 0.1) is 0 Å². The molecule has 0 N–H and O–H groups in total. The van der Waals surface area contributed by atoms with Gasteiger partial charge in [0, 0.05) is 29.2 Å². The van der Waals surface area contributed by atoms with Crippen molar-refractivity contribution in [2.75, 3.05) is 0 Å². The van der Waals surface area contributed by atoms with Crippen LogP contribution in [0.2, 0.25) is 0 Å². The molecule has 0 aliphatic heterocycles. The van der Waals surface area contributed by atoms with Gasteiger partial charge in [0.05, 0.1) is 11.6 Å². The lowest BCUT2D eigenvalue weighted by Gasteiger charge is -2.02. The lowest BCUT2D eigenvalue weighted by Crippen LogP contribution is -2.21. The molecule has 0 aliphatic rings. The number of nitrogens with zero attached hydrogens (tertiary/aromatic N) is 4. The van der Waals surface area contributed by atoms with Crippen LogP contribution < -0.4 is 5.56 Å². The van der Waals surface area contributed by atoms with Crippen molar-refractivity contribution < 1.29 is 0 Å². The van der Waals surface area contributed by atoms with E-state index < -0.39 is 0 Å². The zero-order valence-electron chi connectivity index (χ0n) is 9.54. The van der Waals surface area contributed by atoms with Gasteiger partial charge in [-0.25, -0.2) is 0 Å². The lowest BCUT2D eigenvalue weighted by molar-refractivity contribution is 0.716. The number of aryl methyl sites for hydroxylation is 1. The largest absolute Gasteiger partial charge is 0.280 e. The number of benzene rings is 1. The summed E-state index contributed by atoms with van der Waals surface area (Å²) in [5.74, 6) is 0.521. The molecule has 1 aromatic carbocycles. The second kappa shape index (κ2) is 4.06. The van der Waals surface area contributed by atoms with E-state index in [1.807, 2.05) is 12.1 Å². The summed E-state index contributed by atoms with van der Waals surface area (Å²) in [6.45, 7) is 0. The SMILES string of the molecule is Cn1ccc(-n2ncc3cc(Br)ccc3c2=O)n1. The van der Waals surface area contributed by atoms with Gasteiger partial charge in [-0.05, 0) is 18.2 Å². The molecule has 0 aliphatic carbocycles. The van der Waals surface area contributed by atoms with Crippen molar-refractivity contribution in [3.05, 3.63) is 51.5 Å². The molecule has 90 valence electrons. The molecule has 0 radical (unpaired) electrons. The molecule has 3 aromatic rings. The molecule has 0 amide bonds. The van der Waals surface area contributed by atoms with Crippen LogP contribution in [0.15, 0.2) is 45.9 Å². The minimum atomic E-state index is -0.168. The lowest BCUT2D eigenvalue weighted by atomic mass is 10.2. The second-order valence-corrected chi connectivity index (χ2v) is 4.86. The Morgan fingerprint density at radius 3 is 2.83 bits per heavy atom. The van der Waals surface area contributed by atoms with Crippen LogP contribution >= 0.6 is 15.9 Å². The predicted octanol–water partition coefficient (Wildman–Crippen LogP) is 1.88. The molecule has 2 aromatic heterocycles. The highest BCUT2D eigenvalue weighted by atomic mass is 79.9. The molecule has 0 bridgehead atoms. The third-order valence-electron chi connectivity index (χ3n) is 2.67. The fourth-order valence-electron chi connectivity index (χ4n) is 1.80. The van der Waals surface area contributed by atoms with Crippen molar-refractivity contribution in [1.82, 2.24) is 19.6 Å². The fraction of sp³-hybridized carbons (Fsp3) is 0.0833. The van der Waals surface area contributed by atoms with E-state index in [0.29, 0.717) is 11.2 Å². The van der Waals surface area contributed by atoms with Crippen LogP contribution in [0.25, 0.3) is 16.6 Å². The van der Waals surface area contributed by atoms with Gasteiger partial charge in [-0.15, -0.1) is 0 Å². The highest BCUT2D eigenvalue weighted by Crippen LogP contribution is 2.16. The van der Waals surface area contributed by atoms with Gasteiger partial charge in [-0.1, -0.05) is 15.9 Å². The predicted molar refractivity (Wildman–Crippen MR) is 71.8 cm³/mol. The van der Waals surface area contributed by atoms with E-state index in [0.717, 1.165) is 9.86 Å². The number of aromatic nitrogens is 4. The molecular formula is C12H9BrN4O. The number of hydrogen-bond donors (Lipinski definition) is 0. The van der Waals surface area contributed by atoms with Gasteiger partial charge in [0.1, 0.15) is 0 Å².